The van der Waals surface area contributed by atoms with Crippen LogP contribution in [0.3, 0.4) is 0 Å². The number of halogens is 7. The van der Waals surface area contributed by atoms with Crippen molar-refractivity contribution < 1.29 is 40.6 Å². The maximum atomic E-state index is 12.8. The summed E-state index contributed by atoms with van der Waals surface area (Å²) in [5, 5.41) is 8.66. The van der Waals surface area contributed by atoms with Gasteiger partial charge in [-0.25, -0.2) is 0 Å². The summed E-state index contributed by atoms with van der Waals surface area (Å²) < 4.78 is 85.4. The fourth-order valence-electron chi connectivity index (χ4n) is 0.772. The van der Waals surface area contributed by atoms with Crippen molar-refractivity contribution in [3.05, 3.63) is 12.2 Å². The highest BCUT2D eigenvalue weighted by molar-refractivity contribution is 5.93. The Morgan fingerprint density at radius 3 is 1.71 bits per heavy atom. The average Bonchev–Trinajstić information content (AvgIpc) is 2.13. The zero-order valence-corrected chi connectivity index (χ0v) is 8.29. The first kappa shape index (κ1) is 15.9. The van der Waals surface area contributed by atoms with Crippen molar-refractivity contribution in [3.8, 4) is 0 Å². The van der Waals surface area contributed by atoms with Gasteiger partial charge in [0.15, 0.2) is 11.9 Å². The number of Topliss-reactive ketones (excluding diaryl/α,β-unsaturated/α-hetero) is 1. The lowest BCUT2D eigenvalue weighted by molar-refractivity contribution is -0.367. The second kappa shape index (κ2) is 4.28. The van der Waals surface area contributed by atoms with E-state index in [9.17, 15) is 35.5 Å². The van der Waals surface area contributed by atoms with E-state index in [4.69, 9.17) is 5.11 Å². The molecular formula is C8H7F7O2. The van der Waals surface area contributed by atoms with E-state index in [1.54, 1.807) is 0 Å². The van der Waals surface area contributed by atoms with Crippen molar-refractivity contribution in [3.63, 3.8) is 0 Å². The number of rotatable bonds is 4. The van der Waals surface area contributed by atoms with Crippen LogP contribution in [0.5, 0.6) is 0 Å². The molecule has 1 unspecified atom stereocenters. The van der Waals surface area contributed by atoms with Crippen molar-refractivity contribution in [1.82, 2.24) is 0 Å². The molecular weight excluding hydrogens is 261 g/mol. The monoisotopic (exact) mass is 268 g/mol. The van der Waals surface area contributed by atoms with Crippen LogP contribution in [0.2, 0.25) is 0 Å². The Morgan fingerprint density at radius 2 is 1.47 bits per heavy atom. The maximum Gasteiger partial charge on any atom is 0.459 e. The summed E-state index contributed by atoms with van der Waals surface area (Å²) >= 11 is 0. The van der Waals surface area contributed by atoms with Crippen LogP contribution >= 0.6 is 0 Å². The molecule has 17 heavy (non-hydrogen) atoms. The molecule has 1 N–H and O–H groups in total. The van der Waals surface area contributed by atoms with Crippen molar-refractivity contribution in [1.29, 1.82) is 0 Å². The summed E-state index contributed by atoms with van der Waals surface area (Å²) in [4.78, 5) is 10.5. The van der Waals surface area contributed by atoms with E-state index in [2.05, 4.69) is 6.58 Å². The number of ketones is 1. The summed E-state index contributed by atoms with van der Waals surface area (Å²) in [6.45, 7) is 3.13. The summed E-state index contributed by atoms with van der Waals surface area (Å²) in [5.74, 6) is -13.7. The van der Waals surface area contributed by atoms with Crippen molar-refractivity contribution in [2.75, 3.05) is 0 Å². The molecule has 0 rings (SSSR count). The van der Waals surface area contributed by atoms with Crippen LogP contribution in [0, 0.1) is 0 Å². The minimum Gasteiger partial charge on any atom is -0.382 e. The van der Waals surface area contributed by atoms with Crippen LogP contribution in [-0.4, -0.2) is 35.0 Å². The Morgan fingerprint density at radius 1 is 1.12 bits per heavy atom. The molecule has 0 aliphatic rings. The fraction of sp³-hybridized carbons (Fsp3) is 0.625. The quantitative estimate of drug-likeness (QED) is 0.627. The fourth-order valence-corrected chi connectivity index (χ4v) is 0.772. The van der Waals surface area contributed by atoms with Gasteiger partial charge in [-0.05, 0) is 6.92 Å². The predicted octanol–water partition coefficient (Wildman–Crippen LogP) is 2.33. The molecule has 0 fully saturated rings. The predicted molar refractivity (Wildman–Crippen MR) is 41.8 cm³/mol. The highest BCUT2D eigenvalue weighted by Crippen LogP contribution is 2.48. The van der Waals surface area contributed by atoms with Crippen LogP contribution in [0.25, 0.3) is 0 Å². The summed E-state index contributed by atoms with van der Waals surface area (Å²) in [7, 11) is 0. The maximum absolute atomic E-state index is 12.8. The first-order valence-corrected chi connectivity index (χ1v) is 3.97. The number of carbonyl (C=O) groups excluding carboxylic acids is 1. The number of alkyl halides is 7. The van der Waals surface area contributed by atoms with Crippen LogP contribution in [0.15, 0.2) is 12.2 Å². The molecule has 0 radical (unpaired) electrons. The number of aliphatic hydroxyl groups is 1. The molecule has 0 aromatic rings. The molecule has 0 saturated carbocycles. The van der Waals surface area contributed by atoms with Gasteiger partial charge in [0.05, 0.1) is 0 Å². The van der Waals surface area contributed by atoms with Gasteiger partial charge in [0, 0.05) is 5.57 Å². The lowest BCUT2D eigenvalue weighted by atomic mass is 9.97. The van der Waals surface area contributed by atoms with Gasteiger partial charge < -0.3 is 5.11 Å². The third-order valence-electron chi connectivity index (χ3n) is 1.90. The van der Waals surface area contributed by atoms with Gasteiger partial charge in [0.2, 0.25) is 0 Å². The lowest BCUT2D eigenvalue weighted by Gasteiger charge is -2.31. The second-order valence-corrected chi connectivity index (χ2v) is 3.18. The van der Waals surface area contributed by atoms with Gasteiger partial charge in [-0.3, -0.25) is 4.79 Å². The normalized spacial score (nSPS) is 15.6. The first-order valence-electron chi connectivity index (χ1n) is 3.97. The SMILES string of the molecule is C=C(C(C)=O)C(O)C(F)(F)C(F)(F)C(F)(F)F. The van der Waals surface area contributed by atoms with Crippen LogP contribution < -0.4 is 0 Å². The second-order valence-electron chi connectivity index (χ2n) is 3.18. The molecule has 2 nitrogen and oxygen atoms in total. The standard InChI is InChI=1S/C8H7F7O2/c1-3(4(2)16)5(17)6(9,10)7(11,12)8(13,14)15/h5,17H,1H2,2H3. The molecule has 0 saturated heterocycles. The van der Waals surface area contributed by atoms with E-state index < -0.39 is 35.5 Å². The molecule has 100 valence electrons. The Balaban J connectivity index is 5.42. The minimum absolute atomic E-state index is 0.591. The number of aliphatic hydroxyl groups excluding tert-OH is 1. The topological polar surface area (TPSA) is 37.3 Å². The molecule has 9 heteroatoms. The van der Waals surface area contributed by atoms with E-state index in [0.29, 0.717) is 6.92 Å². The summed E-state index contributed by atoms with van der Waals surface area (Å²) in [6.07, 6.45) is -10.2. The first-order chi connectivity index (χ1) is 7.26. The lowest BCUT2D eigenvalue weighted by Crippen LogP contribution is -2.58. The van der Waals surface area contributed by atoms with E-state index in [0.717, 1.165) is 0 Å². The zero-order valence-electron chi connectivity index (χ0n) is 8.29. The number of carbonyl (C=O) groups is 1. The van der Waals surface area contributed by atoms with Crippen molar-refractivity contribution in [2.24, 2.45) is 0 Å². The molecule has 0 aliphatic carbocycles. The largest absolute Gasteiger partial charge is 0.459 e. The van der Waals surface area contributed by atoms with Gasteiger partial charge >= 0.3 is 18.0 Å². The van der Waals surface area contributed by atoms with Gasteiger partial charge in [-0.15, -0.1) is 0 Å². The molecule has 0 spiro atoms. The average molecular weight is 268 g/mol. The third kappa shape index (κ3) is 2.59. The minimum atomic E-state index is -6.56. The van der Waals surface area contributed by atoms with E-state index in [1.807, 2.05) is 0 Å². The smallest absolute Gasteiger partial charge is 0.382 e. The summed E-state index contributed by atoms with van der Waals surface area (Å²) in [6, 6.07) is 0. The Kier molecular flexibility index (Phi) is 4.00. The molecule has 0 aromatic heterocycles. The molecule has 0 heterocycles. The third-order valence-corrected chi connectivity index (χ3v) is 1.90. The van der Waals surface area contributed by atoms with Crippen LogP contribution in [-0.2, 0) is 4.79 Å². The Bertz CT molecular complexity index is 331. The highest BCUT2D eigenvalue weighted by Gasteiger charge is 2.75. The van der Waals surface area contributed by atoms with Gasteiger partial charge in [0.1, 0.15) is 0 Å². The summed E-state index contributed by atoms with van der Waals surface area (Å²) in [5.41, 5.74) is -1.43. The molecule has 0 aromatic carbocycles. The van der Waals surface area contributed by atoms with Gasteiger partial charge in [-0.1, -0.05) is 6.58 Å². The van der Waals surface area contributed by atoms with E-state index >= 15 is 0 Å². The number of hydrogen-bond donors (Lipinski definition) is 1. The Labute approximate surface area is 90.7 Å². The van der Waals surface area contributed by atoms with Crippen molar-refractivity contribution in [2.45, 2.75) is 31.0 Å². The molecule has 0 aliphatic heterocycles. The molecule has 0 amide bonds. The zero-order chi connectivity index (χ0) is 14.2. The number of hydrogen-bond acceptors (Lipinski definition) is 2. The van der Waals surface area contributed by atoms with E-state index in [1.165, 1.54) is 0 Å². The highest BCUT2D eigenvalue weighted by atomic mass is 19.4. The van der Waals surface area contributed by atoms with Gasteiger partial charge in [0.25, 0.3) is 0 Å². The van der Waals surface area contributed by atoms with Gasteiger partial charge in [-0.2, -0.15) is 30.7 Å². The molecule has 0 bridgehead atoms. The van der Waals surface area contributed by atoms with E-state index in [-0.39, 0.29) is 0 Å². The van der Waals surface area contributed by atoms with Crippen LogP contribution in [0.4, 0.5) is 30.7 Å². The Hall–Kier alpha value is -1.12. The molecule has 1 atom stereocenters. The van der Waals surface area contributed by atoms with Crippen LogP contribution in [0.1, 0.15) is 6.92 Å². The van der Waals surface area contributed by atoms with Crippen molar-refractivity contribution >= 4 is 5.78 Å².